The van der Waals surface area contributed by atoms with E-state index >= 15 is 0 Å². The average Bonchev–Trinajstić information content (AvgIpc) is 2.43. The largest absolute Gasteiger partial charge is 0.259 e. The van der Waals surface area contributed by atoms with Crippen LogP contribution in [-0.2, 0) is 23.0 Å². The molecule has 2 heteroatoms. The van der Waals surface area contributed by atoms with Gasteiger partial charge in [-0.2, -0.15) is 0 Å². The van der Waals surface area contributed by atoms with Crippen molar-refractivity contribution in [3.05, 3.63) is 71.3 Å². The van der Waals surface area contributed by atoms with E-state index in [4.69, 9.17) is 0 Å². The Kier molecular flexibility index (Phi) is 5.34. The lowest BCUT2D eigenvalue weighted by Crippen LogP contribution is -2.03. The molecule has 19 heavy (non-hydrogen) atoms. The molecule has 0 aliphatic heterocycles. The molecule has 0 saturated heterocycles. The second kappa shape index (κ2) is 7.25. The van der Waals surface area contributed by atoms with Gasteiger partial charge in [0.15, 0.2) is 0 Å². The van der Waals surface area contributed by atoms with E-state index in [1.807, 2.05) is 18.2 Å². The lowest BCUT2D eigenvalue weighted by atomic mass is 10.1. The van der Waals surface area contributed by atoms with Gasteiger partial charge in [-0.05, 0) is 36.5 Å². The topological polar surface area (TPSA) is 17.1 Å². The fraction of sp³-hybridized carbons (Fsp3) is 0.294. The van der Waals surface area contributed by atoms with Crippen LogP contribution in [0.15, 0.2) is 54.6 Å². The normalized spacial score (nSPS) is 12.3. The van der Waals surface area contributed by atoms with Crippen LogP contribution in [0.5, 0.6) is 0 Å². The van der Waals surface area contributed by atoms with Gasteiger partial charge in [0.2, 0.25) is 0 Å². The Morgan fingerprint density at radius 2 is 1.63 bits per heavy atom. The van der Waals surface area contributed by atoms with Crippen molar-refractivity contribution in [3.8, 4) is 0 Å². The van der Waals surface area contributed by atoms with Crippen LogP contribution in [0.2, 0.25) is 0 Å². The Labute approximate surface area is 118 Å². The Hall–Kier alpha value is -1.41. The second-order valence-electron chi connectivity index (χ2n) is 4.80. The zero-order chi connectivity index (χ0) is 13.5. The van der Waals surface area contributed by atoms with Crippen LogP contribution in [0, 0.1) is 6.92 Å². The third kappa shape index (κ3) is 4.64. The summed E-state index contributed by atoms with van der Waals surface area (Å²) in [6, 6.07) is 18.6. The summed E-state index contributed by atoms with van der Waals surface area (Å²) in [5, 5.41) is 0. The van der Waals surface area contributed by atoms with E-state index in [1.54, 1.807) is 0 Å². The maximum absolute atomic E-state index is 12.1. The van der Waals surface area contributed by atoms with Gasteiger partial charge in [-0.25, -0.2) is 0 Å². The van der Waals surface area contributed by atoms with Crippen molar-refractivity contribution in [2.24, 2.45) is 0 Å². The highest BCUT2D eigenvalue weighted by molar-refractivity contribution is 7.84. The van der Waals surface area contributed by atoms with Gasteiger partial charge < -0.3 is 0 Å². The van der Waals surface area contributed by atoms with Gasteiger partial charge in [0.1, 0.15) is 0 Å². The van der Waals surface area contributed by atoms with Gasteiger partial charge in [-0.15, -0.1) is 0 Å². The predicted octanol–water partition coefficient (Wildman–Crippen LogP) is 3.88. The first-order chi connectivity index (χ1) is 9.25. The number of hydrogen-bond donors (Lipinski definition) is 0. The molecule has 2 rings (SSSR count). The highest BCUT2D eigenvalue weighted by Gasteiger charge is 2.04. The molecule has 0 saturated carbocycles. The number of rotatable bonds is 6. The molecule has 0 N–H and O–H groups in total. The lowest BCUT2D eigenvalue weighted by Gasteiger charge is -2.06. The SMILES string of the molecule is Cc1ccccc1C[S@](=O)CCCc1ccccc1. The molecule has 100 valence electrons. The molecule has 0 bridgehead atoms. The van der Waals surface area contributed by atoms with E-state index in [9.17, 15) is 4.21 Å². The molecule has 0 fully saturated rings. The summed E-state index contributed by atoms with van der Waals surface area (Å²) in [6.45, 7) is 2.08. The van der Waals surface area contributed by atoms with E-state index in [-0.39, 0.29) is 0 Å². The third-order valence-electron chi connectivity index (χ3n) is 3.26. The van der Waals surface area contributed by atoms with Crippen LogP contribution in [0.3, 0.4) is 0 Å². The van der Waals surface area contributed by atoms with Crippen LogP contribution in [-0.4, -0.2) is 9.96 Å². The number of benzene rings is 2. The first-order valence-corrected chi connectivity index (χ1v) is 8.18. The molecular weight excluding hydrogens is 252 g/mol. The molecule has 1 nitrogen and oxygen atoms in total. The van der Waals surface area contributed by atoms with Crippen molar-refractivity contribution in [2.75, 3.05) is 5.75 Å². The van der Waals surface area contributed by atoms with Crippen molar-refractivity contribution >= 4 is 10.8 Å². The lowest BCUT2D eigenvalue weighted by molar-refractivity contribution is 0.679. The molecule has 0 spiro atoms. The van der Waals surface area contributed by atoms with Crippen LogP contribution in [0.4, 0.5) is 0 Å². The molecule has 0 aliphatic rings. The molecule has 0 radical (unpaired) electrons. The molecule has 0 aliphatic carbocycles. The minimum atomic E-state index is -0.755. The Balaban J connectivity index is 1.78. The van der Waals surface area contributed by atoms with E-state index in [1.165, 1.54) is 16.7 Å². The molecule has 1 atom stereocenters. The van der Waals surface area contributed by atoms with E-state index < -0.39 is 10.8 Å². The fourth-order valence-electron chi connectivity index (χ4n) is 2.10. The smallest absolute Gasteiger partial charge is 0.0488 e. The Bertz CT molecular complexity index is 534. The van der Waals surface area contributed by atoms with E-state index in [0.29, 0.717) is 5.75 Å². The molecular formula is C17H20OS. The average molecular weight is 272 g/mol. The minimum absolute atomic E-state index is 0.682. The van der Waals surface area contributed by atoms with Gasteiger partial charge in [0.25, 0.3) is 0 Å². The van der Waals surface area contributed by atoms with Crippen molar-refractivity contribution in [1.29, 1.82) is 0 Å². The van der Waals surface area contributed by atoms with Crippen molar-refractivity contribution < 1.29 is 4.21 Å². The molecule has 0 heterocycles. The van der Waals surface area contributed by atoms with Crippen molar-refractivity contribution in [3.63, 3.8) is 0 Å². The summed E-state index contributed by atoms with van der Waals surface area (Å²) in [4.78, 5) is 0. The van der Waals surface area contributed by atoms with E-state index in [2.05, 4.69) is 43.3 Å². The van der Waals surface area contributed by atoms with E-state index in [0.717, 1.165) is 18.6 Å². The van der Waals surface area contributed by atoms with Gasteiger partial charge >= 0.3 is 0 Å². The zero-order valence-corrected chi connectivity index (χ0v) is 12.2. The molecule has 0 aromatic heterocycles. The summed E-state index contributed by atoms with van der Waals surface area (Å²) in [5.41, 5.74) is 3.77. The summed E-state index contributed by atoms with van der Waals surface area (Å²) in [6.07, 6.45) is 2.00. The minimum Gasteiger partial charge on any atom is -0.259 e. The molecule has 0 unspecified atom stereocenters. The Morgan fingerprint density at radius 1 is 0.947 bits per heavy atom. The van der Waals surface area contributed by atoms with Crippen LogP contribution in [0.25, 0.3) is 0 Å². The van der Waals surface area contributed by atoms with Crippen LogP contribution in [0.1, 0.15) is 23.1 Å². The van der Waals surface area contributed by atoms with Gasteiger partial charge in [-0.3, -0.25) is 4.21 Å². The van der Waals surface area contributed by atoms with Gasteiger partial charge in [0.05, 0.1) is 0 Å². The summed E-state index contributed by atoms with van der Waals surface area (Å²) >= 11 is 0. The third-order valence-corrected chi connectivity index (χ3v) is 4.64. The number of hydrogen-bond acceptors (Lipinski definition) is 1. The zero-order valence-electron chi connectivity index (χ0n) is 11.3. The van der Waals surface area contributed by atoms with Crippen molar-refractivity contribution in [2.45, 2.75) is 25.5 Å². The van der Waals surface area contributed by atoms with Crippen LogP contribution < -0.4 is 0 Å². The maximum Gasteiger partial charge on any atom is 0.0488 e. The first-order valence-electron chi connectivity index (χ1n) is 6.69. The fourth-order valence-corrected chi connectivity index (χ4v) is 3.38. The predicted molar refractivity (Wildman–Crippen MR) is 82.7 cm³/mol. The number of aryl methyl sites for hydroxylation is 2. The quantitative estimate of drug-likeness (QED) is 0.780. The van der Waals surface area contributed by atoms with Crippen LogP contribution >= 0.6 is 0 Å². The molecule has 2 aromatic rings. The maximum atomic E-state index is 12.1. The highest BCUT2D eigenvalue weighted by Crippen LogP contribution is 2.11. The monoisotopic (exact) mass is 272 g/mol. The summed E-state index contributed by atoms with van der Waals surface area (Å²) in [7, 11) is -0.755. The summed E-state index contributed by atoms with van der Waals surface area (Å²) in [5.74, 6) is 1.46. The second-order valence-corrected chi connectivity index (χ2v) is 6.38. The first kappa shape index (κ1) is 14.0. The highest BCUT2D eigenvalue weighted by atomic mass is 32.2. The van der Waals surface area contributed by atoms with Gasteiger partial charge in [0, 0.05) is 22.3 Å². The van der Waals surface area contributed by atoms with Crippen molar-refractivity contribution in [1.82, 2.24) is 0 Å². The summed E-state index contributed by atoms with van der Waals surface area (Å²) < 4.78 is 12.1. The molecule has 2 aromatic carbocycles. The Morgan fingerprint density at radius 3 is 2.37 bits per heavy atom. The molecule has 0 amide bonds. The standard InChI is InChI=1S/C17H20OS/c1-15-8-5-6-12-17(15)14-19(18)13-7-11-16-9-3-2-4-10-16/h2-6,8-10,12H,7,11,13-14H2,1H3/t19-/m1/s1. The van der Waals surface area contributed by atoms with Gasteiger partial charge in [-0.1, -0.05) is 54.6 Å².